The third kappa shape index (κ3) is 5.69. The van der Waals surface area contributed by atoms with Crippen LogP contribution >= 0.6 is 0 Å². The number of anilines is 1. The van der Waals surface area contributed by atoms with E-state index in [-0.39, 0.29) is 17.9 Å². The number of nitrogens with zero attached hydrogens (tertiary/aromatic N) is 1. The summed E-state index contributed by atoms with van der Waals surface area (Å²) in [6.45, 7) is 0.572. The van der Waals surface area contributed by atoms with Crippen molar-refractivity contribution in [2.45, 2.75) is 44.2 Å². The number of rotatable bonds is 9. The molecule has 7 heteroatoms. The van der Waals surface area contributed by atoms with E-state index in [4.69, 9.17) is 4.98 Å². The van der Waals surface area contributed by atoms with Gasteiger partial charge in [-0.15, -0.1) is 0 Å². The zero-order valence-electron chi connectivity index (χ0n) is 17.0. The lowest BCUT2D eigenvalue weighted by Gasteiger charge is -2.17. The van der Waals surface area contributed by atoms with E-state index in [0.29, 0.717) is 23.8 Å². The van der Waals surface area contributed by atoms with Crippen LogP contribution in [-0.4, -0.2) is 31.6 Å². The molecule has 0 unspecified atom stereocenters. The molecule has 1 atom stereocenters. The zero-order chi connectivity index (χ0) is 21.1. The van der Waals surface area contributed by atoms with Crippen molar-refractivity contribution >= 4 is 21.6 Å². The highest BCUT2D eigenvalue weighted by molar-refractivity contribution is 7.93. The summed E-state index contributed by atoms with van der Waals surface area (Å²) in [5.41, 5.74) is 2.60. The van der Waals surface area contributed by atoms with Crippen LogP contribution in [0.1, 0.15) is 53.2 Å². The average molecular weight is 426 g/mol. The highest BCUT2D eigenvalue weighted by Crippen LogP contribution is 2.40. The van der Waals surface area contributed by atoms with Gasteiger partial charge in [0.15, 0.2) is 9.84 Å². The van der Waals surface area contributed by atoms with Crippen LogP contribution in [0.3, 0.4) is 0 Å². The Labute approximate surface area is 177 Å². The van der Waals surface area contributed by atoms with Gasteiger partial charge in [0.25, 0.3) is 5.91 Å². The Hall–Kier alpha value is -2.67. The van der Waals surface area contributed by atoms with Crippen molar-refractivity contribution in [3.05, 3.63) is 70.8 Å². The molecule has 1 amide bonds. The summed E-state index contributed by atoms with van der Waals surface area (Å²) in [6, 6.07) is 13.4. The van der Waals surface area contributed by atoms with Gasteiger partial charge in [-0.2, -0.15) is 0 Å². The first-order valence-corrected chi connectivity index (χ1v) is 12.3. The lowest BCUT2D eigenvalue weighted by Crippen LogP contribution is -2.35. The quantitative estimate of drug-likeness (QED) is 0.640. The zero-order valence-corrected chi connectivity index (χ0v) is 17.9. The molecule has 2 aromatic rings. The second kappa shape index (κ2) is 8.60. The number of carbonyl (C=O) groups is 1. The summed E-state index contributed by atoms with van der Waals surface area (Å²) < 4.78 is 23.0. The lowest BCUT2D eigenvalue weighted by atomic mass is 10.1. The second-order valence-corrected chi connectivity index (χ2v) is 10.2. The number of hydrogen-bond donors (Lipinski definition) is 2. The minimum absolute atomic E-state index is 0.240. The highest BCUT2D eigenvalue weighted by Gasteiger charge is 2.32. The van der Waals surface area contributed by atoms with Crippen molar-refractivity contribution in [3.8, 4) is 0 Å². The van der Waals surface area contributed by atoms with Crippen LogP contribution in [0, 0.1) is 5.92 Å². The van der Waals surface area contributed by atoms with Gasteiger partial charge in [0.05, 0.1) is 11.6 Å². The summed E-state index contributed by atoms with van der Waals surface area (Å²) in [4.78, 5) is 17.8. The fraction of sp³-hybridized carbons (Fsp3) is 0.391. The number of nitrogens with one attached hydrogen (secondary N) is 2. The number of carbonyl (C=O) groups excluding carboxylic acids is 1. The summed E-state index contributed by atoms with van der Waals surface area (Å²) >= 11 is 0. The van der Waals surface area contributed by atoms with Gasteiger partial charge in [-0.25, -0.2) is 13.4 Å². The van der Waals surface area contributed by atoms with Crippen LogP contribution in [0.15, 0.2) is 53.9 Å². The van der Waals surface area contributed by atoms with E-state index < -0.39 is 9.84 Å². The van der Waals surface area contributed by atoms with Crippen molar-refractivity contribution in [1.29, 1.82) is 0 Å². The molecule has 4 rings (SSSR count). The van der Waals surface area contributed by atoms with E-state index in [1.807, 2.05) is 42.5 Å². The minimum atomic E-state index is -3.24. The number of amides is 1. The summed E-state index contributed by atoms with van der Waals surface area (Å²) in [5, 5.41) is 7.50. The van der Waals surface area contributed by atoms with Crippen molar-refractivity contribution in [3.63, 3.8) is 0 Å². The molecule has 158 valence electrons. The molecule has 0 bridgehead atoms. The predicted octanol–water partition coefficient (Wildman–Crippen LogP) is 3.64. The number of pyridine rings is 1. The molecule has 1 aromatic carbocycles. The summed E-state index contributed by atoms with van der Waals surface area (Å²) in [7, 11) is -3.24. The lowest BCUT2D eigenvalue weighted by molar-refractivity contribution is 0.0941. The Kier molecular flexibility index (Phi) is 5.90. The molecule has 2 aliphatic rings. The van der Waals surface area contributed by atoms with Crippen molar-refractivity contribution in [1.82, 2.24) is 10.3 Å². The normalized spacial score (nSPS) is 17.6. The van der Waals surface area contributed by atoms with E-state index in [0.717, 1.165) is 43.2 Å². The van der Waals surface area contributed by atoms with Gasteiger partial charge >= 0.3 is 0 Å². The standard InChI is InChI=1S/C23H27N3O3S/c1-30(28,29)14-13-21(18-9-10-18)26-23(27)19-11-12-20(17-7-8-17)25-22(19)24-15-16-5-3-2-4-6-16/h2-6,11-14,17-18,21H,7-10,15H2,1H3,(H,24,25)(H,26,27)/b14-13+/t21-/m1/s1. The van der Waals surface area contributed by atoms with E-state index >= 15 is 0 Å². The highest BCUT2D eigenvalue weighted by atomic mass is 32.2. The topological polar surface area (TPSA) is 88.2 Å². The second-order valence-electron chi connectivity index (χ2n) is 8.24. The molecule has 0 radical (unpaired) electrons. The van der Waals surface area contributed by atoms with E-state index in [1.54, 1.807) is 6.08 Å². The number of hydrogen-bond acceptors (Lipinski definition) is 5. The first-order chi connectivity index (χ1) is 14.4. The third-order valence-electron chi connectivity index (χ3n) is 5.42. The first kappa shape index (κ1) is 20.6. The Morgan fingerprint density at radius 2 is 1.87 bits per heavy atom. The van der Waals surface area contributed by atoms with Gasteiger partial charge in [0.2, 0.25) is 0 Å². The first-order valence-electron chi connectivity index (χ1n) is 10.4. The maximum Gasteiger partial charge on any atom is 0.255 e. The van der Waals surface area contributed by atoms with Crippen molar-refractivity contribution < 1.29 is 13.2 Å². The van der Waals surface area contributed by atoms with Gasteiger partial charge in [-0.05, 0) is 49.3 Å². The van der Waals surface area contributed by atoms with Gasteiger partial charge in [-0.1, -0.05) is 36.4 Å². The van der Waals surface area contributed by atoms with Crippen LogP contribution in [0.5, 0.6) is 0 Å². The van der Waals surface area contributed by atoms with Crippen LogP contribution in [-0.2, 0) is 16.4 Å². The van der Waals surface area contributed by atoms with Gasteiger partial charge in [0, 0.05) is 29.8 Å². The monoisotopic (exact) mass is 425 g/mol. The average Bonchev–Trinajstić information content (AvgIpc) is 3.62. The molecule has 0 spiro atoms. The van der Waals surface area contributed by atoms with Crippen LogP contribution in [0.2, 0.25) is 0 Å². The van der Waals surface area contributed by atoms with Crippen molar-refractivity contribution in [2.24, 2.45) is 5.92 Å². The molecule has 30 heavy (non-hydrogen) atoms. The Morgan fingerprint density at radius 3 is 2.50 bits per heavy atom. The largest absolute Gasteiger partial charge is 0.365 e. The van der Waals surface area contributed by atoms with Crippen molar-refractivity contribution in [2.75, 3.05) is 11.6 Å². The van der Waals surface area contributed by atoms with E-state index in [1.165, 1.54) is 5.41 Å². The maximum atomic E-state index is 13.1. The van der Waals surface area contributed by atoms with E-state index in [2.05, 4.69) is 10.6 Å². The third-order valence-corrected chi connectivity index (χ3v) is 6.07. The fourth-order valence-electron chi connectivity index (χ4n) is 3.42. The fourth-order valence-corrected chi connectivity index (χ4v) is 3.87. The van der Waals surface area contributed by atoms with E-state index in [9.17, 15) is 13.2 Å². The van der Waals surface area contributed by atoms with Crippen LogP contribution in [0.25, 0.3) is 0 Å². The van der Waals surface area contributed by atoms with Gasteiger partial charge < -0.3 is 10.6 Å². The molecule has 2 fully saturated rings. The molecule has 0 saturated heterocycles. The molecular weight excluding hydrogens is 398 g/mol. The molecular formula is C23H27N3O3S. The maximum absolute atomic E-state index is 13.1. The summed E-state index contributed by atoms with van der Waals surface area (Å²) in [5.74, 6) is 1.10. The number of benzene rings is 1. The van der Waals surface area contributed by atoms with Crippen LogP contribution in [0.4, 0.5) is 5.82 Å². The number of aromatic nitrogens is 1. The molecule has 0 aliphatic heterocycles. The smallest absolute Gasteiger partial charge is 0.255 e. The molecule has 2 aliphatic carbocycles. The SMILES string of the molecule is CS(=O)(=O)/C=C/[C@@H](NC(=O)c1ccc(C2CC2)nc1NCc1ccccc1)C1CC1. The molecule has 2 saturated carbocycles. The molecule has 1 aromatic heterocycles. The van der Waals surface area contributed by atoms with Gasteiger partial charge in [-0.3, -0.25) is 4.79 Å². The Balaban J connectivity index is 1.53. The molecule has 6 nitrogen and oxygen atoms in total. The van der Waals surface area contributed by atoms with Crippen LogP contribution < -0.4 is 10.6 Å². The number of sulfone groups is 1. The predicted molar refractivity (Wildman–Crippen MR) is 118 cm³/mol. The molecule has 2 N–H and O–H groups in total. The Bertz CT molecular complexity index is 1040. The van der Waals surface area contributed by atoms with Gasteiger partial charge in [0.1, 0.15) is 5.82 Å². The minimum Gasteiger partial charge on any atom is -0.365 e. The molecule has 1 heterocycles. The Morgan fingerprint density at radius 1 is 1.13 bits per heavy atom. The summed E-state index contributed by atoms with van der Waals surface area (Å²) in [6.07, 6.45) is 6.98.